The van der Waals surface area contributed by atoms with Gasteiger partial charge in [-0.05, 0) is 6.07 Å². The Balaban J connectivity index is 2.31. The number of anilines is 1. The van der Waals surface area contributed by atoms with Crippen molar-refractivity contribution in [3.05, 3.63) is 12.3 Å². The summed E-state index contributed by atoms with van der Waals surface area (Å²) >= 11 is 0. The quantitative estimate of drug-likeness (QED) is 0.683. The normalized spacial score (nSPS) is 11.4. The van der Waals surface area contributed by atoms with Gasteiger partial charge in [0, 0.05) is 18.5 Å². The minimum atomic E-state index is -3.04. The van der Waals surface area contributed by atoms with Crippen LogP contribution in [0.2, 0.25) is 0 Å². The average Bonchev–Trinajstić information content (AvgIpc) is 2.63. The molecule has 0 aliphatic carbocycles. The third kappa shape index (κ3) is 4.85. The van der Waals surface area contributed by atoms with Crippen LogP contribution in [0, 0.1) is 0 Å². The maximum Gasteiger partial charge on any atom is 0.241 e. The van der Waals surface area contributed by atoms with E-state index in [4.69, 9.17) is 5.73 Å². The summed E-state index contributed by atoms with van der Waals surface area (Å²) in [5.74, 6) is 0.0838. The topological polar surface area (TPSA) is 107 Å². The summed E-state index contributed by atoms with van der Waals surface area (Å²) < 4.78 is 23.7. The number of nitrogens with zero attached hydrogens (tertiary/aromatic N) is 2. The summed E-state index contributed by atoms with van der Waals surface area (Å²) in [7, 11) is -3.04. The first-order valence-corrected chi connectivity index (χ1v) is 7.01. The number of hydrogen-bond donors (Lipinski definition) is 2. The molecule has 96 valence electrons. The molecule has 3 N–H and O–H groups in total. The second-order valence-corrected chi connectivity index (χ2v) is 6.00. The van der Waals surface area contributed by atoms with E-state index in [0.29, 0.717) is 5.82 Å². The third-order valence-corrected chi connectivity index (χ3v) is 3.85. The van der Waals surface area contributed by atoms with E-state index in [-0.39, 0.29) is 30.5 Å². The molecule has 1 heterocycles. The Labute approximate surface area is 99.9 Å². The van der Waals surface area contributed by atoms with Crippen molar-refractivity contribution in [2.24, 2.45) is 0 Å². The lowest BCUT2D eigenvalue weighted by atomic mass is 10.5. The molecule has 17 heavy (non-hydrogen) atoms. The van der Waals surface area contributed by atoms with Crippen molar-refractivity contribution in [3.8, 4) is 0 Å². The van der Waals surface area contributed by atoms with Crippen LogP contribution in [0.3, 0.4) is 0 Å². The van der Waals surface area contributed by atoms with Crippen molar-refractivity contribution < 1.29 is 13.2 Å². The Morgan fingerprint density at radius 3 is 2.82 bits per heavy atom. The van der Waals surface area contributed by atoms with Crippen molar-refractivity contribution >= 4 is 21.6 Å². The standard InChI is InChI=1S/C9H16N4O3S/c1-2-17(15,16)6-4-11-9(14)7-13-5-3-8(10)12-13/h3,5H,2,4,6-7H2,1H3,(H2,10,12)(H,11,14). The molecule has 0 saturated carbocycles. The molecular formula is C9H16N4O3S. The van der Waals surface area contributed by atoms with Crippen molar-refractivity contribution in [1.29, 1.82) is 0 Å². The molecule has 0 aliphatic rings. The molecule has 0 bridgehead atoms. The van der Waals surface area contributed by atoms with Crippen LogP contribution in [0.5, 0.6) is 0 Å². The fourth-order valence-corrected chi connectivity index (χ4v) is 1.86. The van der Waals surface area contributed by atoms with Gasteiger partial charge >= 0.3 is 0 Å². The van der Waals surface area contributed by atoms with Gasteiger partial charge in [-0.1, -0.05) is 6.92 Å². The van der Waals surface area contributed by atoms with Crippen molar-refractivity contribution in [2.75, 3.05) is 23.8 Å². The Kier molecular flexibility index (Phi) is 4.50. The van der Waals surface area contributed by atoms with Crippen LogP contribution >= 0.6 is 0 Å². The zero-order chi connectivity index (χ0) is 12.9. The second-order valence-electron chi connectivity index (χ2n) is 3.52. The van der Waals surface area contributed by atoms with E-state index in [1.54, 1.807) is 19.2 Å². The number of carbonyl (C=O) groups excluding carboxylic acids is 1. The molecular weight excluding hydrogens is 244 g/mol. The molecule has 8 heteroatoms. The van der Waals surface area contributed by atoms with Crippen LogP contribution in [-0.4, -0.2) is 42.2 Å². The molecule has 0 unspecified atom stereocenters. The van der Waals surface area contributed by atoms with E-state index in [1.165, 1.54) is 4.68 Å². The fourth-order valence-electron chi connectivity index (χ4n) is 1.16. The molecule has 0 aromatic carbocycles. The molecule has 7 nitrogen and oxygen atoms in total. The SMILES string of the molecule is CCS(=O)(=O)CCNC(=O)Cn1ccc(N)n1. The summed E-state index contributed by atoms with van der Waals surface area (Å²) in [6.07, 6.45) is 1.58. The molecule has 1 aromatic heterocycles. The van der Waals surface area contributed by atoms with Crippen LogP contribution in [0.15, 0.2) is 12.3 Å². The monoisotopic (exact) mass is 260 g/mol. The highest BCUT2D eigenvalue weighted by molar-refractivity contribution is 7.91. The number of sulfone groups is 1. The highest BCUT2D eigenvalue weighted by Gasteiger charge is 2.08. The lowest BCUT2D eigenvalue weighted by molar-refractivity contribution is -0.121. The van der Waals surface area contributed by atoms with Gasteiger partial charge in [0.2, 0.25) is 5.91 Å². The van der Waals surface area contributed by atoms with Gasteiger partial charge in [0.15, 0.2) is 9.84 Å². The lowest BCUT2D eigenvalue weighted by Gasteiger charge is -2.05. The molecule has 0 aliphatic heterocycles. The van der Waals surface area contributed by atoms with Gasteiger partial charge in [0.1, 0.15) is 12.4 Å². The molecule has 0 atom stereocenters. The molecule has 0 spiro atoms. The Morgan fingerprint density at radius 2 is 2.29 bits per heavy atom. The van der Waals surface area contributed by atoms with Crippen molar-refractivity contribution in [2.45, 2.75) is 13.5 Å². The minimum absolute atomic E-state index is 0.0311. The third-order valence-electron chi connectivity index (χ3n) is 2.14. The van der Waals surface area contributed by atoms with Crippen LogP contribution in [0.1, 0.15) is 6.92 Å². The number of nitrogens with two attached hydrogens (primary N) is 1. The molecule has 1 amide bonds. The summed E-state index contributed by atoms with van der Waals surface area (Å²) in [5, 5.41) is 6.35. The molecule has 1 rings (SSSR count). The Bertz CT molecular complexity index is 480. The van der Waals surface area contributed by atoms with Crippen LogP contribution in [0.25, 0.3) is 0 Å². The second kappa shape index (κ2) is 5.67. The highest BCUT2D eigenvalue weighted by Crippen LogP contribution is 1.95. The van der Waals surface area contributed by atoms with E-state index in [9.17, 15) is 13.2 Å². The number of nitrogens with one attached hydrogen (secondary N) is 1. The van der Waals surface area contributed by atoms with Gasteiger partial charge in [0.25, 0.3) is 0 Å². The maximum atomic E-state index is 11.4. The predicted octanol–water partition coefficient (Wildman–Crippen LogP) is -0.984. The van der Waals surface area contributed by atoms with Crippen LogP contribution in [0.4, 0.5) is 5.82 Å². The minimum Gasteiger partial charge on any atom is -0.382 e. The van der Waals surface area contributed by atoms with Gasteiger partial charge in [-0.2, -0.15) is 5.10 Å². The zero-order valence-electron chi connectivity index (χ0n) is 9.59. The highest BCUT2D eigenvalue weighted by atomic mass is 32.2. The van der Waals surface area contributed by atoms with Crippen molar-refractivity contribution in [3.63, 3.8) is 0 Å². The summed E-state index contributed by atoms with van der Waals surface area (Å²) in [5.41, 5.74) is 5.39. The Hall–Kier alpha value is -1.57. The smallest absolute Gasteiger partial charge is 0.241 e. The first-order valence-electron chi connectivity index (χ1n) is 5.19. The zero-order valence-corrected chi connectivity index (χ0v) is 10.4. The van der Waals surface area contributed by atoms with Crippen LogP contribution < -0.4 is 11.1 Å². The van der Waals surface area contributed by atoms with Gasteiger partial charge in [-0.3, -0.25) is 9.48 Å². The maximum absolute atomic E-state index is 11.4. The number of amides is 1. The van der Waals surface area contributed by atoms with E-state index >= 15 is 0 Å². The van der Waals surface area contributed by atoms with Crippen molar-refractivity contribution in [1.82, 2.24) is 15.1 Å². The number of aromatic nitrogens is 2. The summed E-state index contributed by atoms with van der Waals surface area (Å²) in [4.78, 5) is 11.4. The molecule has 1 aromatic rings. The summed E-state index contributed by atoms with van der Waals surface area (Å²) in [6.45, 7) is 1.72. The molecule has 0 fully saturated rings. The van der Waals surface area contributed by atoms with E-state index < -0.39 is 9.84 Å². The average molecular weight is 260 g/mol. The van der Waals surface area contributed by atoms with Gasteiger partial charge in [-0.25, -0.2) is 8.42 Å². The van der Waals surface area contributed by atoms with E-state index in [1.807, 2.05) is 0 Å². The molecule has 0 saturated heterocycles. The number of nitrogen functional groups attached to an aromatic ring is 1. The number of rotatable bonds is 6. The van der Waals surface area contributed by atoms with Gasteiger partial charge in [-0.15, -0.1) is 0 Å². The van der Waals surface area contributed by atoms with E-state index in [2.05, 4.69) is 10.4 Å². The first kappa shape index (κ1) is 13.5. The molecule has 0 radical (unpaired) electrons. The lowest BCUT2D eigenvalue weighted by Crippen LogP contribution is -2.32. The fraction of sp³-hybridized carbons (Fsp3) is 0.556. The predicted molar refractivity (Wildman–Crippen MR) is 64.0 cm³/mol. The van der Waals surface area contributed by atoms with Crippen LogP contribution in [-0.2, 0) is 21.2 Å². The van der Waals surface area contributed by atoms with E-state index in [0.717, 1.165) is 0 Å². The number of carbonyl (C=O) groups is 1. The van der Waals surface area contributed by atoms with Gasteiger partial charge in [0.05, 0.1) is 5.75 Å². The Morgan fingerprint density at radius 1 is 1.59 bits per heavy atom. The first-order chi connectivity index (χ1) is 7.93. The van der Waals surface area contributed by atoms with Gasteiger partial charge < -0.3 is 11.1 Å². The number of hydrogen-bond acceptors (Lipinski definition) is 5. The largest absolute Gasteiger partial charge is 0.382 e. The summed E-state index contributed by atoms with van der Waals surface area (Å²) in [6, 6.07) is 1.58.